The number of nitrogens with one attached hydrogen (secondary N) is 2. The number of rotatable bonds is 10. The molecule has 0 saturated carbocycles. The normalized spacial score (nSPS) is 11.0. The largest absolute Gasteiger partial charge is 0.494 e. The minimum absolute atomic E-state index is 0.0571. The number of amides is 2. The number of carbonyl (C=O) groups excluding carboxylic acids is 2. The van der Waals surface area contributed by atoms with Crippen LogP contribution in [0, 0.1) is 0 Å². The summed E-state index contributed by atoms with van der Waals surface area (Å²) in [7, 11) is 0. The van der Waals surface area contributed by atoms with Crippen LogP contribution < -0.4 is 15.4 Å². The third-order valence-corrected chi connectivity index (χ3v) is 4.58. The first-order chi connectivity index (χ1) is 13.4. The average Bonchev–Trinajstić information content (AvgIpc) is 2.72. The van der Waals surface area contributed by atoms with Crippen LogP contribution in [-0.4, -0.2) is 31.5 Å². The molecule has 5 heteroatoms. The molecular weight excluding hydrogens is 352 g/mol. The summed E-state index contributed by atoms with van der Waals surface area (Å²) < 4.78 is 5.58. The highest BCUT2D eigenvalue weighted by Crippen LogP contribution is 2.21. The first-order valence-corrected chi connectivity index (χ1v) is 9.75. The molecule has 5 nitrogen and oxygen atoms in total. The van der Waals surface area contributed by atoms with E-state index in [1.165, 1.54) is 0 Å². The van der Waals surface area contributed by atoms with Gasteiger partial charge in [0.25, 0.3) is 5.91 Å². The molecular formula is C23H30N2O3. The monoisotopic (exact) mass is 382 g/mol. The van der Waals surface area contributed by atoms with Crippen molar-refractivity contribution in [2.75, 3.05) is 19.7 Å². The van der Waals surface area contributed by atoms with Crippen LogP contribution in [0.2, 0.25) is 0 Å². The zero-order valence-corrected chi connectivity index (χ0v) is 17.0. The first kappa shape index (κ1) is 21.5. The smallest absolute Gasteiger partial charge is 0.251 e. The maximum Gasteiger partial charge on any atom is 0.251 e. The molecule has 2 aromatic rings. The lowest BCUT2D eigenvalue weighted by molar-refractivity contribution is -0.120. The molecule has 0 radical (unpaired) electrons. The molecule has 2 N–H and O–H groups in total. The molecule has 0 saturated heterocycles. The molecule has 2 aromatic carbocycles. The van der Waals surface area contributed by atoms with Gasteiger partial charge in [0, 0.05) is 17.5 Å². The van der Waals surface area contributed by atoms with Gasteiger partial charge in [-0.2, -0.15) is 0 Å². The van der Waals surface area contributed by atoms with E-state index >= 15 is 0 Å². The fraction of sp³-hybridized carbons (Fsp3) is 0.391. The topological polar surface area (TPSA) is 67.4 Å². The lowest BCUT2D eigenvalue weighted by Gasteiger charge is -2.25. The van der Waals surface area contributed by atoms with Crippen LogP contribution in [0.4, 0.5) is 0 Å². The SMILES string of the molecule is CCCCOc1ccc(C(=O)NCC(=O)NCC(C)(C)c2ccccc2)cc1. The fourth-order valence-electron chi connectivity index (χ4n) is 2.67. The van der Waals surface area contributed by atoms with Gasteiger partial charge in [-0.05, 0) is 36.2 Å². The fourth-order valence-corrected chi connectivity index (χ4v) is 2.67. The van der Waals surface area contributed by atoms with Crippen LogP contribution in [0.5, 0.6) is 5.75 Å². The summed E-state index contributed by atoms with van der Waals surface area (Å²) in [6.07, 6.45) is 2.07. The Hall–Kier alpha value is -2.82. The van der Waals surface area contributed by atoms with Gasteiger partial charge in [-0.1, -0.05) is 57.5 Å². The third-order valence-electron chi connectivity index (χ3n) is 4.58. The van der Waals surface area contributed by atoms with Gasteiger partial charge in [0.05, 0.1) is 13.2 Å². The van der Waals surface area contributed by atoms with Gasteiger partial charge < -0.3 is 15.4 Å². The number of ether oxygens (including phenoxy) is 1. The molecule has 28 heavy (non-hydrogen) atoms. The molecule has 0 spiro atoms. The van der Waals surface area contributed by atoms with Gasteiger partial charge in [0.1, 0.15) is 5.75 Å². The van der Waals surface area contributed by atoms with E-state index in [-0.39, 0.29) is 23.8 Å². The van der Waals surface area contributed by atoms with E-state index in [0.717, 1.165) is 24.2 Å². The van der Waals surface area contributed by atoms with Gasteiger partial charge in [-0.25, -0.2) is 0 Å². The van der Waals surface area contributed by atoms with Crippen LogP contribution in [-0.2, 0) is 10.2 Å². The van der Waals surface area contributed by atoms with Crippen LogP contribution in [0.1, 0.15) is 49.5 Å². The van der Waals surface area contributed by atoms with Gasteiger partial charge in [0.2, 0.25) is 5.91 Å². The van der Waals surface area contributed by atoms with Crippen molar-refractivity contribution in [3.05, 3.63) is 65.7 Å². The van der Waals surface area contributed by atoms with Crippen molar-refractivity contribution in [2.24, 2.45) is 0 Å². The summed E-state index contributed by atoms with van der Waals surface area (Å²) in [6.45, 7) is 7.36. The van der Waals surface area contributed by atoms with Crippen LogP contribution in [0.15, 0.2) is 54.6 Å². The zero-order chi connectivity index (χ0) is 20.4. The van der Waals surface area contributed by atoms with Crippen LogP contribution in [0.3, 0.4) is 0 Å². The molecule has 2 rings (SSSR count). The molecule has 2 amide bonds. The molecule has 0 heterocycles. The number of benzene rings is 2. The highest BCUT2D eigenvalue weighted by atomic mass is 16.5. The van der Waals surface area contributed by atoms with Gasteiger partial charge >= 0.3 is 0 Å². The van der Waals surface area contributed by atoms with E-state index in [1.54, 1.807) is 24.3 Å². The second kappa shape index (κ2) is 10.5. The molecule has 150 valence electrons. The molecule has 0 bridgehead atoms. The van der Waals surface area contributed by atoms with Gasteiger partial charge in [-0.15, -0.1) is 0 Å². The predicted octanol–water partition coefficient (Wildman–Crippen LogP) is 3.69. The summed E-state index contributed by atoms with van der Waals surface area (Å²) in [5, 5.41) is 5.55. The summed E-state index contributed by atoms with van der Waals surface area (Å²) in [5.41, 5.74) is 1.47. The highest BCUT2D eigenvalue weighted by Gasteiger charge is 2.21. The van der Waals surface area contributed by atoms with Crippen molar-refractivity contribution >= 4 is 11.8 Å². The Labute approximate surface area is 167 Å². The summed E-state index contributed by atoms with van der Waals surface area (Å²) in [6, 6.07) is 17.0. The van der Waals surface area contributed by atoms with E-state index < -0.39 is 0 Å². The standard InChI is InChI=1S/C23H30N2O3/c1-4-5-15-28-20-13-11-18(12-14-20)22(27)24-16-21(26)25-17-23(2,3)19-9-7-6-8-10-19/h6-14H,4-5,15-17H2,1-3H3,(H,24,27)(H,25,26). The van der Waals surface area contributed by atoms with Crippen molar-refractivity contribution in [1.29, 1.82) is 0 Å². The highest BCUT2D eigenvalue weighted by molar-refractivity contribution is 5.96. The zero-order valence-electron chi connectivity index (χ0n) is 17.0. The van der Waals surface area contributed by atoms with Crippen molar-refractivity contribution in [3.8, 4) is 5.75 Å². The summed E-state index contributed by atoms with van der Waals surface area (Å²) >= 11 is 0. The maximum absolute atomic E-state index is 12.2. The molecule has 0 unspecified atom stereocenters. The first-order valence-electron chi connectivity index (χ1n) is 9.75. The van der Waals surface area contributed by atoms with Crippen molar-refractivity contribution in [2.45, 2.75) is 39.0 Å². The minimum atomic E-state index is -0.280. The van der Waals surface area contributed by atoms with E-state index in [9.17, 15) is 9.59 Å². The van der Waals surface area contributed by atoms with E-state index in [2.05, 4.69) is 31.4 Å². The predicted molar refractivity (Wildman–Crippen MR) is 112 cm³/mol. The molecule has 0 aliphatic heterocycles. The second-order valence-corrected chi connectivity index (χ2v) is 7.44. The number of unbranched alkanes of at least 4 members (excludes halogenated alkanes) is 1. The van der Waals surface area contributed by atoms with Gasteiger partial charge in [-0.3, -0.25) is 9.59 Å². The molecule has 0 aromatic heterocycles. The maximum atomic E-state index is 12.2. The Kier molecular flexibility index (Phi) is 8.05. The summed E-state index contributed by atoms with van der Waals surface area (Å²) in [5.74, 6) is 0.250. The Bertz CT molecular complexity index is 755. The average molecular weight is 383 g/mol. The Morgan fingerprint density at radius 1 is 0.964 bits per heavy atom. The number of carbonyl (C=O) groups is 2. The van der Waals surface area contributed by atoms with Crippen molar-refractivity contribution in [1.82, 2.24) is 10.6 Å². The number of hydrogen-bond acceptors (Lipinski definition) is 3. The molecule has 0 aliphatic rings. The Morgan fingerprint density at radius 3 is 2.29 bits per heavy atom. The lowest BCUT2D eigenvalue weighted by Crippen LogP contribution is -2.42. The quantitative estimate of drug-likeness (QED) is 0.616. The molecule has 0 aliphatic carbocycles. The van der Waals surface area contributed by atoms with E-state index in [4.69, 9.17) is 4.74 Å². The van der Waals surface area contributed by atoms with Crippen LogP contribution >= 0.6 is 0 Å². The third kappa shape index (κ3) is 6.72. The Balaban J connectivity index is 1.76. The lowest BCUT2D eigenvalue weighted by atomic mass is 9.84. The summed E-state index contributed by atoms with van der Waals surface area (Å²) in [4.78, 5) is 24.3. The minimum Gasteiger partial charge on any atom is -0.494 e. The molecule has 0 fully saturated rings. The van der Waals surface area contributed by atoms with Gasteiger partial charge in [0.15, 0.2) is 0 Å². The van der Waals surface area contributed by atoms with Crippen molar-refractivity contribution < 1.29 is 14.3 Å². The van der Waals surface area contributed by atoms with Crippen LogP contribution in [0.25, 0.3) is 0 Å². The number of hydrogen-bond donors (Lipinski definition) is 2. The van der Waals surface area contributed by atoms with Crippen molar-refractivity contribution in [3.63, 3.8) is 0 Å². The van der Waals surface area contributed by atoms with E-state index in [0.29, 0.717) is 18.7 Å². The Morgan fingerprint density at radius 2 is 1.64 bits per heavy atom. The van der Waals surface area contributed by atoms with E-state index in [1.807, 2.05) is 30.3 Å². The molecule has 0 atom stereocenters. The second-order valence-electron chi connectivity index (χ2n) is 7.44.